The lowest BCUT2D eigenvalue weighted by atomic mass is 10.1. The summed E-state index contributed by atoms with van der Waals surface area (Å²) in [6.45, 7) is 0. The molecule has 0 aliphatic heterocycles. The Balaban J connectivity index is 1.63. The van der Waals surface area contributed by atoms with Gasteiger partial charge in [-0.25, -0.2) is 19.2 Å². The first-order valence-electron chi connectivity index (χ1n) is 8.23. The number of carbonyl (C=O) groups excluding carboxylic acids is 2. The number of nitrogens with two attached hydrogens (primary N) is 1. The Bertz CT molecular complexity index is 1190. The zero-order valence-corrected chi connectivity index (χ0v) is 14.4. The first-order valence-corrected chi connectivity index (χ1v) is 8.23. The van der Waals surface area contributed by atoms with Gasteiger partial charge in [-0.2, -0.15) is 4.73 Å². The van der Waals surface area contributed by atoms with E-state index in [0.717, 1.165) is 16.4 Å². The SMILES string of the molecule is NC(=O)c1cn(OC(=O)c2cnc(-c3ccccc3)nc2)c2ccc(F)cc12. The molecule has 0 fully saturated rings. The molecule has 0 aliphatic rings. The molecule has 1 amide bonds. The number of halogens is 1. The van der Waals surface area contributed by atoms with Crippen LogP contribution in [0.15, 0.2) is 67.1 Å². The minimum absolute atomic E-state index is 0.0398. The standard InChI is InChI=1S/C20H13FN4O3/c21-14-6-7-17-15(8-14)16(18(22)26)11-25(17)28-20(27)13-9-23-19(24-10-13)12-4-2-1-3-5-12/h1-11H,(H2,22,26). The Morgan fingerprint density at radius 3 is 2.43 bits per heavy atom. The first kappa shape index (κ1) is 17.3. The van der Waals surface area contributed by atoms with E-state index in [1.165, 1.54) is 30.7 Å². The molecule has 0 bridgehead atoms. The number of benzene rings is 2. The van der Waals surface area contributed by atoms with Crippen LogP contribution >= 0.6 is 0 Å². The van der Waals surface area contributed by atoms with Gasteiger partial charge in [-0.1, -0.05) is 30.3 Å². The fourth-order valence-electron chi connectivity index (χ4n) is 2.76. The predicted molar refractivity (Wildman–Crippen MR) is 98.8 cm³/mol. The van der Waals surface area contributed by atoms with Crippen molar-refractivity contribution < 1.29 is 18.8 Å². The second kappa shape index (κ2) is 6.92. The predicted octanol–water partition coefficient (Wildman–Crippen LogP) is 2.61. The number of hydrogen-bond acceptors (Lipinski definition) is 5. The molecule has 4 aromatic rings. The van der Waals surface area contributed by atoms with E-state index >= 15 is 0 Å². The van der Waals surface area contributed by atoms with Crippen LogP contribution in [0.1, 0.15) is 20.7 Å². The Morgan fingerprint density at radius 1 is 1.04 bits per heavy atom. The van der Waals surface area contributed by atoms with Gasteiger partial charge >= 0.3 is 5.97 Å². The van der Waals surface area contributed by atoms with Crippen molar-refractivity contribution in [2.24, 2.45) is 5.73 Å². The molecule has 0 atom stereocenters. The van der Waals surface area contributed by atoms with Gasteiger partial charge in [-0.15, -0.1) is 0 Å². The Morgan fingerprint density at radius 2 is 1.75 bits per heavy atom. The van der Waals surface area contributed by atoms with Gasteiger partial charge < -0.3 is 10.6 Å². The van der Waals surface area contributed by atoms with E-state index in [0.29, 0.717) is 11.3 Å². The molecule has 8 heteroatoms. The Labute approximate surface area is 158 Å². The van der Waals surface area contributed by atoms with E-state index in [4.69, 9.17) is 10.6 Å². The summed E-state index contributed by atoms with van der Waals surface area (Å²) in [6.07, 6.45) is 3.93. The number of primary amides is 1. The number of nitrogens with zero attached hydrogens (tertiary/aromatic N) is 3. The summed E-state index contributed by atoms with van der Waals surface area (Å²) >= 11 is 0. The number of carbonyl (C=O) groups is 2. The summed E-state index contributed by atoms with van der Waals surface area (Å²) in [5.41, 5.74) is 6.61. The van der Waals surface area contributed by atoms with E-state index in [1.54, 1.807) is 0 Å². The number of hydrogen-bond donors (Lipinski definition) is 1. The van der Waals surface area contributed by atoms with E-state index < -0.39 is 17.7 Å². The van der Waals surface area contributed by atoms with Crippen LogP contribution in [-0.2, 0) is 0 Å². The van der Waals surface area contributed by atoms with E-state index in [1.807, 2.05) is 30.3 Å². The number of fused-ring (bicyclic) bond motifs is 1. The lowest BCUT2D eigenvalue weighted by molar-refractivity contribution is 0.0480. The fourth-order valence-corrected chi connectivity index (χ4v) is 2.76. The highest BCUT2D eigenvalue weighted by Gasteiger charge is 2.18. The Hall–Kier alpha value is -4.07. The van der Waals surface area contributed by atoms with Crippen LogP contribution < -0.4 is 10.6 Å². The number of aromatic nitrogens is 3. The normalized spacial score (nSPS) is 10.8. The largest absolute Gasteiger partial charge is 0.366 e. The molecule has 0 saturated carbocycles. The highest BCUT2D eigenvalue weighted by atomic mass is 19.1. The summed E-state index contributed by atoms with van der Waals surface area (Å²) in [4.78, 5) is 37.7. The molecule has 2 N–H and O–H groups in total. The summed E-state index contributed by atoms with van der Waals surface area (Å²) < 4.78 is 14.6. The smallest absolute Gasteiger partial charge is 0.366 e. The van der Waals surface area contributed by atoms with E-state index in [-0.39, 0.29) is 16.5 Å². The second-order valence-corrected chi connectivity index (χ2v) is 5.93. The number of amides is 1. The molecule has 0 unspecified atom stereocenters. The average molecular weight is 376 g/mol. The van der Waals surface area contributed by atoms with Gasteiger partial charge in [0, 0.05) is 23.3 Å². The third-order valence-corrected chi connectivity index (χ3v) is 4.10. The summed E-state index contributed by atoms with van der Waals surface area (Å²) in [5.74, 6) is -1.57. The Kier molecular flexibility index (Phi) is 4.29. The summed E-state index contributed by atoms with van der Waals surface area (Å²) in [5, 5.41) is 0.246. The molecule has 2 aromatic carbocycles. The topological polar surface area (TPSA) is 100 Å². The van der Waals surface area contributed by atoms with Crippen molar-refractivity contribution >= 4 is 22.8 Å². The summed E-state index contributed by atoms with van der Waals surface area (Å²) in [6, 6.07) is 13.0. The van der Waals surface area contributed by atoms with E-state index in [9.17, 15) is 14.0 Å². The van der Waals surface area contributed by atoms with Crippen molar-refractivity contribution in [2.75, 3.05) is 0 Å². The molecule has 2 aromatic heterocycles. The highest BCUT2D eigenvalue weighted by molar-refractivity contribution is 6.06. The molecule has 7 nitrogen and oxygen atoms in total. The average Bonchev–Trinajstić information content (AvgIpc) is 3.06. The van der Waals surface area contributed by atoms with Crippen LogP contribution in [0, 0.1) is 5.82 Å². The highest BCUT2D eigenvalue weighted by Crippen LogP contribution is 2.22. The third kappa shape index (κ3) is 3.18. The second-order valence-electron chi connectivity index (χ2n) is 5.93. The number of rotatable bonds is 4. The first-order chi connectivity index (χ1) is 13.5. The monoisotopic (exact) mass is 376 g/mol. The van der Waals surface area contributed by atoms with Crippen LogP contribution in [-0.4, -0.2) is 26.6 Å². The lowest BCUT2D eigenvalue weighted by Crippen LogP contribution is -2.20. The molecule has 0 aliphatic carbocycles. The van der Waals surface area contributed by atoms with Crippen molar-refractivity contribution in [1.29, 1.82) is 0 Å². The molecular formula is C20H13FN4O3. The van der Waals surface area contributed by atoms with Gasteiger partial charge in [0.15, 0.2) is 5.82 Å². The van der Waals surface area contributed by atoms with Gasteiger partial charge in [0.2, 0.25) is 0 Å². The van der Waals surface area contributed by atoms with Crippen LogP contribution in [0.2, 0.25) is 0 Å². The van der Waals surface area contributed by atoms with E-state index in [2.05, 4.69) is 9.97 Å². The van der Waals surface area contributed by atoms with Crippen molar-refractivity contribution in [1.82, 2.24) is 14.7 Å². The molecule has 0 spiro atoms. The zero-order chi connectivity index (χ0) is 19.7. The van der Waals surface area contributed by atoms with Gasteiger partial charge in [-0.3, -0.25) is 4.79 Å². The zero-order valence-electron chi connectivity index (χ0n) is 14.4. The molecule has 138 valence electrons. The fraction of sp³-hybridized carbons (Fsp3) is 0. The van der Waals surface area contributed by atoms with Crippen molar-refractivity contribution in [3.63, 3.8) is 0 Å². The molecule has 0 radical (unpaired) electrons. The van der Waals surface area contributed by atoms with Gasteiger partial charge in [0.1, 0.15) is 5.82 Å². The molecule has 4 rings (SSSR count). The van der Waals surface area contributed by atoms with Crippen molar-refractivity contribution in [3.8, 4) is 11.4 Å². The van der Waals surface area contributed by atoms with Crippen LogP contribution in [0.3, 0.4) is 0 Å². The minimum Gasteiger partial charge on any atom is -0.366 e. The van der Waals surface area contributed by atoms with Gasteiger partial charge in [-0.05, 0) is 18.2 Å². The molecule has 2 heterocycles. The van der Waals surface area contributed by atoms with Crippen LogP contribution in [0.4, 0.5) is 4.39 Å². The van der Waals surface area contributed by atoms with Gasteiger partial charge in [0.05, 0.1) is 22.8 Å². The molecule has 0 saturated heterocycles. The van der Waals surface area contributed by atoms with Crippen molar-refractivity contribution in [3.05, 3.63) is 84.1 Å². The lowest BCUT2D eigenvalue weighted by Gasteiger charge is -2.06. The molecular weight excluding hydrogens is 363 g/mol. The van der Waals surface area contributed by atoms with Crippen LogP contribution in [0.5, 0.6) is 0 Å². The maximum Gasteiger partial charge on any atom is 0.366 e. The third-order valence-electron chi connectivity index (χ3n) is 4.10. The van der Waals surface area contributed by atoms with Crippen molar-refractivity contribution in [2.45, 2.75) is 0 Å². The van der Waals surface area contributed by atoms with Gasteiger partial charge in [0.25, 0.3) is 5.91 Å². The minimum atomic E-state index is -0.763. The maximum atomic E-state index is 13.5. The summed E-state index contributed by atoms with van der Waals surface area (Å²) in [7, 11) is 0. The maximum absolute atomic E-state index is 13.5. The quantitative estimate of drug-likeness (QED) is 0.590. The van der Waals surface area contributed by atoms with Crippen LogP contribution in [0.25, 0.3) is 22.3 Å². The molecule has 28 heavy (non-hydrogen) atoms.